The van der Waals surface area contributed by atoms with E-state index >= 15 is 0 Å². The topological polar surface area (TPSA) is 113 Å². The molecule has 9 heteroatoms. The summed E-state index contributed by atoms with van der Waals surface area (Å²) >= 11 is 0. The maximum atomic E-state index is 12.2. The second kappa shape index (κ2) is 8.84. The molecule has 4 heterocycles. The number of hydrogen-bond acceptors (Lipinski definition) is 6. The highest BCUT2D eigenvalue weighted by Gasteiger charge is 2.52. The normalized spacial score (nSPS) is 23.9. The lowest BCUT2D eigenvalue weighted by Crippen LogP contribution is -2.62. The Morgan fingerprint density at radius 1 is 1.13 bits per heavy atom. The number of hydrogen-bond donors (Lipinski definition) is 2. The van der Waals surface area contributed by atoms with Crippen molar-refractivity contribution in [3.63, 3.8) is 0 Å². The van der Waals surface area contributed by atoms with Gasteiger partial charge in [0.15, 0.2) is 0 Å². The molecule has 38 heavy (non-hydrogen) atoms. The van der Waals surface area contributed by atoms with Gasteiger partial charge in [-0.2, -0.15) is 15.5 Å². The molecule has 4 aromatic heterocycles. The summed E-state index contributed by atoms with van der Waals surface area (Å²) in [5.41, 5.74) is 5.37. The quantitative estimate of drug-likeness (QED) is 0.377. The number of amides is 1. The third-order valence-corrected chi connectivity index (χ3v) is 8.01. The molecule has 3 aliphatic carbocycles. The minimum atomic E-state index is -0.187. The number of nitrogens with zero attached hydrogens (tertiary/aromatic N) is 6. The van der Waals surface area contributed by atoms with Crippen LogP contribution < -0.4 is 10.6 Å². The molecule has 7 rings (SSSR count). The number of fused-ring (bicyclic) bond motifs is 3. The molecule has 0 radical (unpaired) electrons. The van der Waals surface area contributed by atoms with E-state index in [4.69, 9.17) is 4.98 Å². The van der Waals surface area contributed by atoms with Crippen molar-refractivity contribution in [2.45, 2.75) is 44.7 Å². The summed E-state index contributed by atoms with van der Waals surface area (Å²) in [6.45, 7) is 7.66. The Balaban J connectivity index is 1.23. The lowest BCUT2D eigenvalue weighted by molar-refractivity contribution is -0.121. The van der Waals surface area contributed by atoms with E-state index in [-0.39, 0.29) is 11.4 Å². The fourth-order valence-corrected chi connectivity index (χ4v) is 6.21. The van der Waals surface area contributed by atoms with Crippen LogP contribution >= 0.6 is 0 Å². The first kappa shape index (κ1) is 23.9. The second-order valence-corrected chi connectivity index (χ2v) is 11.1. The van der Waals surface area contributed by atoms with Crippen LogP contribution in [-0.2, 0) is 11.8 Å². The molecule has 3 aliphatic rings. The summed E-state index contributed by atoms with van der Waals surface area (Å²) in [5, 5.41) is 25.2. The van der Waals surface area contributed by atoms with Crippen molar-refractivity contribution in [2.75, 3.05) is 5.32 Å². The minimum absolute atomic E-state index is 0.0602. The van der Waals surface area contributed by atoms with E-state index in [1.807, 2.05) is 44.0 Å². The number of aryl methyl sites for hydroxylation is 1. The van der Waals surface area contributed by atoms with E-state index in [1.54, 1.807) is 22.3 Å². The SMILES string of the molecule is C=C(C)C(=O)NC1(C)CC2CC(C1)C2Nc1ccc(-c2cc(-c3cnn(C)c3)cn3ncc(C#N)c23)cn1. The maximum Gasteiger partial charge on any atom is 0.246 e. The molecule has 3 saturated carbocycles. The number of rotatable bonds is 6. The first-order chi connectivity index (χ1) is 18.2. The van der Waals surface area contributed by atoms with Gasteiger partial charge < -0.3 is 10.6 Å². The highest BCUT2D eigenvalue weighted by Crippen LogP contribution is 2.51. The molecule has 2 unspecified atom stereocenters. The maximum absolute atomic E-state index is 12.2. The highest BCUT2D eigenvalue weighted by atomic mass is 16.1. The van der Waals surface area contributed by atoms with Crippen LogP contribution in [0.25, 0.3) is 27.8 Å². The lowest BCUT2D eigenvalue weighted by atomic mass is 9.55. The van der Waals surface area contributed by atoms with E-state index < -0.39 is 0 Å². The van der Waals surface area contributed by atoms with Crippen LogP contribution in [0.2, 0.25) is 0 Å². The summed E-state index contributed by atoms with van der Waals surface area (Å²) in [6.07, 6.45) is 12.2. The zero-order chi connectivity index (χ0) is 26.6. The standard InChI is InChI=1S/C29H30N8O/c1-17(2)28(38)35-29(3)9-19-7-20(10-29)26(19)34-25-6-5-18(12-31-25)24-8-21(23-14-32-36(4)15-23)16-37-27(24)22(11-30)13-33-37/h5-6,8,12-16,19-20,26H,1,7,9-10H2,2-4H3,(H,31,34)(H,35,38). The Kier molecular flexibility index (Phi) is 5.56. The number of aromatic nitrogens is 5. The number of carbonyl (C=O) groups is 1. The smallest absolute Gasteiger partial charge is 0.246 e. The van der Waals surface area contributed by atoms with Crippen LogP contribution in [0.1, 0.15) is 38.7 Å². The van der Waals surface area contributed by atoms with Gasteiger partial charge in [-0.3, -0.25) is 9.48 Å². The third kappa shape index (κ3) is 4.12. The number of nitriles is 1. The molecular formula is C29H30N8O. The van der Waals surface area contributed by atoms with Crippen molar-refractivity contribution in [3.8, 4) is 28.3 Å². The summed E-state index contributed by atoms with van der Waals surface area (Å²) in [5.74, 6) is 1.75. The molecule has 4 aromatic rings. The molecule has 192 valence electrons. The first-order valence-corrected chi connectivity index (χ1v) is 12.8. The first-order valence-electron chi connectivity index (χ1n) is 12.8. The van der Waals surface area contributed by atoms with Crippen molar-refractivity contribution < 1.29 is 4.79 Å². The molecule has 2 bridgehead atoms. The average molecular weight is 507 g/mol. The molecule has 3 fully saturated rings. The molecule has 2 atom stereocenters. The van der Waals surface area contributed by atoms with Crippen LogP contribution in [-0.4, -0.2) is 41.9 Å². The van der Waals surface area contributed by atoms with Gasteiger partial charge in [0, 0.05) is 65.0 Å². The Labute approximate surface area is 221 Å². The van der Waals surface area contributed by atoms with Gasteiger partial charge in [0.1, 0.15) is 11.9 Å². The minimum Gasteiger partial charge on any atom is -0.367 e. The van der Waals surface area contributed by atoms with E-state index in [9.17, 15) is 10.1 Å². The number of anilines is 1. The van der Waals surface area contributed by atoms with Crippen molar-refractivity contribution in [3.05, 3.63) is 66.9 Å². The van der Waals surface area contributed by atoms with E-state index in [0.717, 1.165) is 46.4 Å². The summed E-state index contributed by atoms with van der Waals surface area (Å²) in [7, 11) is 1.88. The molecule has 0 saturated heterocycles. The summed E-state index contributed by atoms with van der Waals surface area (Å²) < 4.78 is 3.51. The van der Waals surface area contributed by atoms with E-state index in [2.05, 4.69) is 46.5 Å². The van der Waals surface area contributed by atoms with Crippen molar-refractivity contribution >= 4 is 17.2 Å². The molecule has 0 spiro atoms. The Hall–Kier alpha value is -4.45. The van der Waals surface area contributed by atoms with Gasteiger partial charge in [0.2, 0.25) is 5.91 Å². The van der Waals surface area contributed by atoms with Crippen LogP contribution in [0.4, 0.5) is 5.82 Å². The van der Waals surface area contributed by atoms with Crippen LogP contribution in [0.3, 0.4) is 0 Å². The Morgan fingerprint density at radius 3 is 2.55 bits per heavy atom. The predicted octanol–water partition coefficient (Wildman–Crippen LogP) is 4.33. The Bertz CT molecular complexity index is 1590. The molecule has 2 N–H and O–H groups in total. The second-order valence-electron chi connectivity index (χ2n) is 11.1. The zero-order valence-electron chi connectivity index (χ0n) is 21.8. The van der Waals surface area contributed by atoms with Gasteiger partial charge in [-0.05, 0) is 63.1 Å². The lowest BCUT2D eigenvalue weighted by Gasteiger charge is -2.56. The third-order valence-electron chi connectivity index (χ3n) is 8.01. The van der Waals surface area contributed by atoms with Crippen molar-refractivity contribution in [1.29, 1.82) is 5.26 Å². The molecule has 0 aliphatic heterocycles. The molecule has 9 nitrogen and oxygen atoms in total. The van der Waals surface area contributed by atoms with Gasteiger partial charge >= 0.3 is 0 Å². The number of nitrogens with one attached hydrogen (secondary N) is 2. The predicted molar refractivity (Wildman–Crippen MR) is 145 cm³/mol. The van der Waals surface area contributed by atoms with Gasteiger partial charge in [-0.15, -0.1) is 0 Å². The van der Waals surface area contributed by atoms with Gasteiger partial charge in [-0.1, -0.05) is 6.58 Å². The molecular weight excluding hydrogens is 476 g/mol. The Morgan fingerprint density at radius 2 is 1.92 bits per heavy atom. The van der Waals surface area contributed by atoms with Crippen molar-refractivity contribution in [2.24, 2.45) is 18.9 Å². The average Bonchev–Trinajstić information content (AvgIpc) is 3.52. The van der Waals surface area contributed by atoms with E-state index in [0.29, 0.717) is 29.0 Å². The van der Waals surface area contributed by atoms with Crippen molar-refractivity contribution in [1.82, 2.24) is 29.7 Å². The van der Waals surface area contributed by atoms with Gasteiger partial charge in [-0.25, -0.2) is 9.50 Å². The van der Waals surface area contributed by atoms with Gasteiger partial charge in [0.25, 0.3) is 0 Å². The van der Waals surface area contributed by atoms with Crippen LogP contribution in [0.5, 0.6) is 0 Å². The highest BCUT2D eigenvalue weighted by molar-refractivity contribution is 5.92. The van der Waals surface area contributed by atoms with E-state index in [1.165, 1.54) is 6.42 Å². The van der Waals surface area contributed by atoms with Crippen LogP contribution in [0.15, 0.2) is 61.3 Å². The monoisotopic (exact) mass is 506 g/mol. The summed E-state index contributed by atoms with van der Waals surface area (Å²) in [6, 6.07) is 8.72. The summed E-state index contributed by atoms with van der Waals surface area (Å²) in [4.78, 5) is 16.9. The fraction of sp³-hybridized carbons (Fsp3) is 0.345. The number of pyridine rings is 2. The fourth-order valence-electron chi connectivity index (χ4n) is 6.21. The molecule has 1 amide bonds. The largest absolute Gasteiger partial charge is 0.367 e. The zero-order valence-corrected chi connectivity index (χ0v) is 21.8. The number of carbonyl (C=O) groups excluding carboxylic acids is 1. The van der Waals surface area contributed by atoms with Gasteiger partial charge in [0.05, 0.1) is 23.5 Å². The van der Waals surface area contributed by atoms with Crippen LogP contribution in [0, 0.1) is 23.2 Å². The molecule has 0 aromatic carbocycles.